The van der Waals surface area contributed by atoms with Gasteiger partial charge in [0.1, 0.15) is 24.5 Å². The van der Waals surface area contributed by atoms with Crippen LogP contribution in [0.3, 0.4) is 0 Å². The highest BCUT2D eigenvalue weighted by Gasteiger charge is 2.39. The number of amides is 5. The Kier molecular flexibility index (Phi) is 12.2. The van der Waals surface area contributed by atoms with Crippen molar-refractivity contribution in [1.29, 1.82) is 0 Å². The van der Waals surface area contributed by atoms with Gasteiger partial charge < -0.3 is 40.6 Å². The third-order valence-corrected chi connectivity index (χ3v) is 9.86. The lowest BCUT2D eigenvalue weighted by Crippen LogP contribution is -2.54. The molecule has 0 bridgehead atoms. The fourth-order valence-corrected chi connectivity index (χ4v) is 6.93. The van der Waals surface area contributed by atoms with Crippen LogP contribution in [-0.4, -0.2) is 88.6 Å². The highest BCUT2D eigenvalue weighted by molar-refractivity contribution is 5.99. The Balaban J connectivity index is 1.24. The zero-order valence-electron chi connectivity index (χ0n) is 30.4. The number of carbonyl (C=O) groups is 5. The Hall–Kier alpha value is -5.40. The van der Waals surface area contributed by atoms with Crippen molar-refractivity contribution in [3.8, 4) is 22.4 Å². The number of likely N-dealkylation sites (tertiary alicyclic amines) is 2. The maximum Gasteiger partial charge on any atom is 0.407 e. The molecule has 5 rings (SSSR count). The summed E-state index contributed by atoms with van der Waals surface area (Å²) in [4.78, 5) is 74.9. The number of alkyl carbamates (subject to hydrolysis) is 1. The second-order valence-electron chi connectivity index (χ2n) is 14.0. The standard InChI is InChI=1S/C38H49N7O7/c1-22(2)28(21-52-37(39)49)35(47)44-17-7-11-30(44)33-40-20-29(42-33)25-15-13-24(14-16-25)26-9-6-10-27(19-26)41-34(46)31-12-8-18-45(31)36(48)32(23(3)4)43-38(50)51-5/h6,9-10,13-16,19-20,22-23,28,30-32H,7-8,11-12,17-18,21H2,1-5H3,(H2,39,49)(H,40,42)(H,41,46)(H,43,50). The minimum absolute atomic E-state index is 0.0371. The Morgan fingerprint density at radius 3 is 2.27 bits per heavy atom. The summed E-state index contributed by atoms with van der Waals surface area (Å²) in [5.74, 6) is -0.696. The van der Waals surface area contributed by atoms with Crippen molar-refractivity contribution in [3.63, 3.8) is 0 Å². The number of primary amides is 1. The summed E-state index contributed by atoms with van der Waals surface area (Å²) in [7, 11) is 1.24. The highest BCUT2D eigenvalue weighted by Crippen LogP contribution is 2.34. The molecule has 3 aromatic rings. The van der Waals surface area contributed by atoms with Gasteiger partial charge in [0, 0.05) is 18.8 Å². The van der Waals surface area contributed by atoms with Crippen molar-refractivity contribution in [3.05, 3.63) is 60.6 Å². The zero-order valence-corrected chi connectivity index (χ0v) is 30.4. The largest absolute Gasteiger partial charge is 0.453 e. The minimum atomic E-state index is -0.897. The van der Waals surface area contributed by atoms with Crippen molar-refractivity contribution in [1.82, 2.24) is 25.1 Å². The monoisotopic (exact) mass is 715 g/mol. The van der Waals surface area contributed by atoms with Gasteiger partial charge in [-0.25, -0.2) is 14.6 Å². The van der Waals surface area contributed by atoms with E-state index in [1.807, 2.05) is 81.1 Å². The van der Waals surface area contributed by atoms with Gasteiger partial charge in [-0.15, -0.1) is 0 Å². The molecule has 2 aliphatic heterocycles. The lowest BCUT2D eigenvalue weighted by molar-refractivity contribution is -0.139. The van der Waals surface area contributed by atoms with Gasteiger partial charge >= 0.3 is 12.2 Å². The van der Waals surface area contributed by atoms with Gasteiger partial charge in [-0.2, -0.15) is 0 Å². The molecule has 5 amide bonds. The summed E-state index contributed by atoms with van der Waals surface area (Å²) >= 11 is 0. The molecule has 2 aromatic carbocycles. The molecule has 4 atom stereocenters. The number of methoxy groups -OCH3 is 1. The van der Waals surface area contributed by atoms with Gasteiger partial charge in [0.2, 0.25) is 17.7 Å². The van der Waals surface area contributed by atoms with E-state index in [-0.39, 0.29) is 42.2 Å². The van der Waals surface area contributed by atoms with Gasteiger partial charge in [-0.05, 0) is 66.3 Å². The number of imidazole rings is 1. The van der Waals surface area contributed by atoms with E-state index in [1.54, 1.807) is 11.1 Å². The van der Waals surface area contributed by atoms with E-state index < -0.39 is 30.2 Å². The molecule has 4 unspecified atom stereocenters. The number of hydrogen-bond acceptors (Lipinski definition) is 8. The normalized spacial score (nSPS) is 18.3. The summed E-state index contributed by atoms with van der Waals surface area (Å²) in [5, 5.41) is 5.59. The molecular weight excluding hydrogens is 666 g/mol. The van der Waals surface area contributed by atoms with Crippen LogP contribution in [0.2, 0.25) is 0 Å². The molecule has 52 heavy (non-hydrogen) atoms. The van der Waals surface area contributed by atoms with Gasteiger partial charge in [-0.3, -0.25) is 14.4 Å². The van der Waals surface area contributed by atoms with Crippen LogP contribution in [0.1, 0.15) is 65.2 Å². The first-order valence-electron chi connectivity index (χ1n) is 17.8. The molecule has 0 saturated carbocycles. The average Bonchev–Trinajstić information content (AvgIpc) is 3.91. The number of rotatable bonds is 12. The Morgan fingerprint density at radius 2 is 1.60 bits per heavy atom. The quantitative estimate of drug-likeness (QED) is 0.200. The van der Waals surface area contributed by atoms with Crippen molar-refractivity contribution in [2.45, 2.75) is 71.5 Å². The van der Waals surface area contributed by atoms with Crippen LogP contribution in [0.5, 0.6) is 0 Å². The summed E-state index contributed by atoms with van der Waals surface area (Å²) in [6, 6.07) is 13.8. The van der Waals surface area contributed by atoms with E-state index in [9.17, 15) is 24.0 Å². The fourth-order valence-electron chi connectivity index (χ4n) is 6.93. The molecule has 1 aromatic heterocycles. The van der Waals surface area contributed by atoms with E-state index >= 15 is 0 Å². The predicted octanol–water partition coefficient (Wildman–Crippen LogP) is 5.08. The van der Waals surface area contributed by atoms with E-state index in [4.69, 9.17) is 15.2 Å². The van der Waals surface area contributed by atoms with E-state index in [1.165, 1.54) is 7.11 Å². The lowest BCUT2D eigenvalue weighted by Gasteiger charge is -2.30. The molecule has 2 aliphatic rings. The van der Waals surface area contributed by atoms with Gasteiger partial charge in [0.05, 0.1) is 31.0 Å². The number of nitrogens with zero attached hydrogens (tertiary/aromatic N) is 3. The number of aromatic amines is 1. The minimum Gasteiger partial charge on any atom is -0.453 e. The highest BCUT2D eigenvalue weighted by atomic mass is 16.5. The van der Waals surface area contributed by atoms with Crippen LogP contribution in [0.25, 0.3) is 22.4 Å². The molecule has 14 nitrogen and oxygen atoms in total. The molecule has 0 aliphatic carbocycles. The van der Waals surface area contributed by atoms with Crippen LogP contribution in [-0.2, 0) is 23.9 Å². The molecule has 0 radical (unpaired) electrons. The van der Waals surface area contributed by atoms with Crippen molar-refractivity contribution < 1.29 is 33.4 Å². The summed E-state index contributed by atoms with van der Waals surface area (Å²) in [6.45, 7) is 8.47. The number of carbonyl (C=O) groups excluding carboxylic acids is 5. The smallest absolute Gasteiger partial charge is 0.407 e. The molecule has 2 fully saturated rings. The first-order chi connectivity index (χ1) is 24.9. The van der Waals surface area contributed by atoms with Crippen molar-refractivity contribution >= 4 is 35.6 Å². The van der Waals surface area contributed by atoms with Crippen LogP contribution in [0.4, 0.5) is 15.3 Å². The van der Waals surface area contributed by atoms with E-state index in [0.717, 1.165) is 35.2 Å². The first kappa shape index (κ1) is 37.8. The Bertz CT molecular complexity index is 1760. The van der Waals surface area contributed by atoms with Crippen molar-refractivity contribution in [2.75, 3.05) is 32.1 Å². The van der Waals surface area contributed by atoms with Crippen LogP contribution in [0, 0.1) is 17.8 Å². The Labute approximate surface area is 303 Å². The number of nitrogens with one attached hydrogen (secondary N) is 3. The number of benzene rings is 2. The molecule has 5 N–H and O–H groups in total. The predicted molar refractivity (Wildman–Crippen MR) is 195 cm³/mol. The zero-order chi connectivity index (χ0) is 37.5. The summed E-state index contributed by atoms with van der Waals surface area (Å²) in [5.41, 5.74) is 9.34. The molecular formula is C38H49N7O7. The maximum atomic E-state index is 13.5. The number of H-pyrrole nitrogens is 1. The second-order valence-corrected chi connectivity index (χ2v) is 14.0. The molecule has 2 saturated heterocycles. The third-order valence-electron chi connectivity index (χ3n) is 9.86. The van der Waals surface area contributed by atoms with Gasteiger partial charge in [-0.1, -0.05) is 64.1 Å². The first-order valence-corrected chi connectivity index (χ1v) is 17.8. The molecule has 14 heteroatoms. The number of nitrogens with two attached hydrogens (primary N) is 1. The topological polar surface area (TPSA) is 189 Å². The third kappa shape index (κ3) is 8.72. The van der Waals surface area contributed by atoms with E-state index in [2.05, 4.69) is 20.6 Å². The van der Waals surface area contributed by atoms with Crippen LogP contribution in [0.15, 0.2) is 54.7 Å². The number of anilines is 1. The second kappa shape index (κ2) is 16.7. The molecule has 0 spiro atoms. The molecule has 3 heterocycles. The molecule has 278 valence electrons. The number of hydrogen-bond donors (Lipinski definition) is 4. The van der Waals surface area contributed by atoms with Crippen molar-refractivity contribution in [2.24, 2.45) is 23.5 Å². The fraction of sp³-hybridized carbons (Fsp3) is 0.474. The summed E-state index contributed by atoms with van der Waals surface area (Å²) < 4.78 is 9.69. The van der Waals surface area contributed by atoms with Crippen LogP contribution < -0.4 is 16.4 Å². The lowest BCUT2D eigenvalue weighted by atomic mass is 9.95. The average molecular weight is 716 g/mol. The van der Waals surface area contributed by atoms with Gasteiger partial charge in [0.25, 0.3) is 0 Å². The maximum absolute atomic E-state index is 13.5. The number of aromatic nitrogens is 2. The Morgan fingerprint density at radius 1 is 0.904 bits per heavy atom. The van der Waals surface area contributed by atoms with E-state index in [0.29, 0.717) is 37.4 Å². The number of ether oxygens (including phenoxy) is 2. The summed E-state index contributed by atoms with van der Waals surface area (Å²) in [6.07, 6.45) is 2.99. The van der Waals surface area contributed by atoms with Gasteiger partial charge in [0.15, 0.2) is 0 Å². The SMILES string of the molecule is COC(=O)NC(C(=O)N1CCCC1C(=O)Nc1cccc(-c2ccc(-c3cnc(C4CCCN4C(=O)C(COC(N)=O)C(C)C)[nH]3)cc2)c1)C(C)C. The van der Waals surface area contributed by atoms with Crippen LogP contribution >= 0.6 is 0 Å².